The molecule has 2 heterocycles. The fourth-order valence-electron chi connectivity index (χ4n) is 3.62. The molecule has 0 saturated heterocycles. The molecular formula is C26H27N5O4. The molecule has 2 aromatic heterocycles. The van der Waals surface area contributed by atoms with Crippen LogP contribution in [0.4, 0.5) is 5.69 Å². The molecule has 2 amide bonds. The SMILES string of the molecule is COc1ccc(C(=O)Nc2ccc(C(C)(C)CNC(=O)c3cn4cccnc4n3)cc2)cc1OC. The predicted octanol–water partition coefficient (Wildman–Crippen LogP) is 3.71. The zero-order valence-corrected chi connectivity index (χ0v) is 20.0. The molecule has 0 atom stereocenters. The van der Waals surface area contributed by atoms with Crippen LogP contribution in [0.3, 0.4) is 0 Å². The molecular weight excluding hydrogens is 446 g/mol. The van der Waals surface area contributed by atoms with Crippen LogP contribution < -0.4 is 20.1 Å². The number of amides is 2. The van der Waals surface area contributed by atoms with Crippen LogP contribution in [-0.4, -0.2) is 46.9 Å². The maximum absolute atomic E-state index is 12.7. The van der Waals surface area contributed by atoms with Gasteiger partial charge >= 0.3 is 0 Å². The summed E-state index contributed by atoms with van der Waals surface area (Å²) in [6.07, 6.45) is 5.08. The highest BCUT2D eigenvalue weighted by Crippen LogP contribution is 2.28. The fraction of sp³-hybridized carbons (Fsp3) is 0.231. The Morgan fingerprint density at radius 2 is 1.74 bits per heavy atom. The van der Waals surface area contributed by atoms with Crippen molar-refractivity contribution in [3.63, 3.8) is 0 Å². The Labute approximate surface area is 203 Å². The van der Waals surface area contributed by atoms with Gasteiger partial charge in [-0.25, -0.2) is 9.97 Å². The molecule has 2 aromatic carbocycles. The van der Waals surface area contributed by atoms with Gasteiger partial charge < -0.3 is 20.1 Å². The van der Waals surface area contributed by atoms with Crippen molar-refractivity contribution in [1.82, 2.24) is 19.7 Å². The molecule has 0 bridgehead atoms. The number of methoxy groups -OCH3 is 2. The maximum atomic E-state index is 12.7. The lowest BCUT2D eigenvalue weighted by molar-refractivity contribution is 0.0940. The quantitative estimate of drug-likeness (QED) is 0.404. The minimum Gasteiger partial charge on any atom is -0.493 e. The van der Waals surface area contributed by atoms with Gasteiger partial charge in [0.05, 0.1) is 14.2 Å². The van der Waals surface area contributed by atoms with E-state index >= 15 is 0 Å². The molecule has 0 saturated carbocycles. The first kappa shape index (κ1) is 23.7. The Balaban J connectivity index is 1.38. The van der Waals surface area contributed by atoms with E-state index in [1.165, 1.54) is 7.11 Å². The summed E-state index contributed by atoms with van der Waals surface area (Å²) in [7, 11) is 3.07. The average Bonchev–Trinajstić information content (AvgIpc) is 3.31. The normalized spacial score (nSPS) is 11.2. The summed E-state index contributed by atoms with van der Waals surface area (Å²) < 4.78 is 12.2. The van der Waals surface area contributed by atoms with E-state index < -0.39 is 0 Å². The average molecular weight is 474 g/mol. The summed E-state index contributed by atoms with van der Waals surface area (Å²) >= 11 is 0. The summed E-state index contributed by atoms with van der Waals surface area (Å²) in [6, 6.07) is 14.3. The number of aromatic nitrogens is 3. The molecule has 9 heteroatoms. The highest BCUT2D eigenvalue weighted by atomic mass is 16.5. The summed E-state index contributed by atoms with van der Waals surface area (Å²) in [4.78, 5) is 33.7. The number of fused-ring (bicyclic) bond motifs is 1. The van der Waals surface area contributed by atoms with Gasteiger partial charge in [-0.05, 0) is 42.0 Å². The van der Waals surface area contributed by atoms with E-state index in [2.05, 4.69) is 20.6 Å². The van der Waals surface area contributed by atoms with Crippen LogP contribution in [0, 0.1) is 0 Å². The summed E-state index contributed by atoms with van der Waals surface area (Å²) in [5.41, 5.74) is 2.09. The third-order valence-corrected chi connectivity index (χ3v) is 5.73. The van der Waals surface area contributed by atoms with Crippen LogP contribution in [0.5, 0.6) is 11.5 Å². The Hall–Kier alpha value is -4.40. The highest BCUT2D eigenvalue weighted by molar-refractivity contribution is 6.04. The first-order chi connectivity index (χ1) is 16.8. The van der Waals surface area contributed by atoms with Gasteiger partial charge in [0.25, 0.3) is 11.8 Å². The zero-order valence-electron chi connectivity index (χ0n) is 20.0. The molecule has 180 valence electrons. The lowest BCUT2D eigenvalue weighted by atomic mass is 9.84. The zero-order chi connectivity index (χ0) is 25.0. The molecule has 4 rings (SSSR count). The van der Waals surface area contributed by atoms with E-state index in [0.717, 1.165) is 5.56 Å². The third-order valence-electron chi connectivity index (χ3n) is 5.73. The Morgan fingerprint density at radius 3 is 2.43 bits per heavy atom. The lowest BCUT2D eigenvalue weighted by Crippen LogP contribution is -2.36. The van der Waals surface area contributed by atoms with Gasteiger partial charge in [-0.3, -0.25) is 14.0 Å². The Bertz CT molecular complexity index is 1330. The topological polar surface area (TPSA) is 107 Å². The van der Waals surface area contributed by atoms with Crippen LogP contribution in [0.15, 0.2) is 67.1 Å². The second-order valence-corrected chi connectivity index (χ2v) is 8.62. The molecule has 35 heavy (non-hydrogen) atoms. The van der Waals surface area contributed by atoms with Crippen LogP contribution in [-0.2, 0) is 5.41 Å². The number of rotatable bonds is 8. The van der Waals surface area contributed by atoms with Gasteiger partial charge in [0.1, 0.15) is 5.69 Å². The highest BCUT2D eigenvalue weighted by Gasteiger charge is 2.23. The number of benzene rings is 2. The van der Waals surface area contributed by atoms with Gasteiger partial charge in [0.15, 0.2) is 11.5 Å². The largest absolute Gasteiger partial charge is 0.493 e. The third kappa shape index (κ3) is 5.24. The van der Waals surface area contributed by atoms with E-state index in [-0.39, 0.29) is 17.2 Å². The molecule has 4 aromatic rings. The second kappa shape index (κ2) is 9.84. The lowest BCUT2D eigenvalue weighted by Gasteiger charge is -2.25. The summed E-state index contributed by atoms with van der Waals surface area (Å²) in [5.74, 6) is 0.997. The minimum absolute atomic E-state index is 0.257. The first-order valence-corrected chi connectivity index (χ1v) is 11.0. The molecule has 0 fully saturated rings. The van der Waals surface area contributed by atoms with Crippen LogP contribution >= 0.6 is 0 Å². The van der Waals surface area contributed by atoms with Crippen molar-refractivity contribution in [2.75, 3.05) is 26.1 Å². The molecule has 0 aliphatic heterocycles. The first-order valence-electron chi connectivity index (χ1n) is 11.0. The van der Waals surface area contributed by atoms with Crippen molar-refractivity contribution in [3.8, 4) is 11.5 Å². The van der Waals surface area contributed by atoms with Crippen LogP contribution in [0.1, 0.15) is 40.3 Å². The number of hydrogen-bond acceptors (Lipinski definition) is 6. The molecule has 0 radical (unpaired) electrons. The van der Waals surface area contributed by atoms with Crippen LogP contribution in [0.25, 0.3) is 5.78 Å². The molecule has 0 unspecified atom stereocenters. The van der Waals surface area contributed by atoms with Crippen molar-refractivity contribution in [2.45, 2.75) is 19.3 Å². The Morgan fingerprint density at radius 1 is 1.00 bits per heavy atom. The van der Waals surface area contributed by atoms with Gasteiger partial charge in [0, 0.05) is 41.8 Å². The molecule has 0 aliphatic rings. The van der Waals surface area contributed by atoms with E-state index in [1.807, 2.05) is 38.1 Å². The van der Waals surface area contributed by atoms with Crippen molar-refractivity contribution in [2.24, 2.45) is 0 Å². The van der Waals surface area contributed by atoms with E-state index in [9.17, 15) is 9.59 Å². The molecule has 2 N–H and O–H groups in total. The van der Waals surface area contributed by atoms with Crippen molar-refractivity contribution >= 4 is 23.3 Å². The summed E-state index contributed by atoms with van der Waals surface area (Å²) in [5, 5.41) is 5.84. The van der Waals surface area contributed by atoms with Gasteiger partial charge in [-0.15, -0.1) is 0 Å². The van der Waals surface area contributed by atoms with E-state index in [1.54, 1.807) is 54.4 Å². The molecule has 0 spiro atoms. The minimum atomic E-state index is -0.348. The Kier molecular flexibility index (Phi) is 6.68. The van der Waals surface area contributed by atoms with Gasteiger partial charge in [0.2, 0.25) is 5.78 Å². The number of nitrogens with one attached hydrogen (secondary N) is 2. The molecule has 0 aliphatic carbocycles. The number of carbonyl (C=O) groups is 2. The van der Waals surface area contributed by atoms with E-state index in [0.29, 0.717) is 40.8 Å². The van der Waals surface area contributed by atoms with Crippen molar-refractivity contribution in [1.29, 1.82) is 0 Å². The number of carbonyl (C=O) groups excluding carboxylic acids is 2. The van der Waals surface area contributed by atoms with Gasteiger partial charge in [-0.1, -0.05) is 26.0 Å². The van der Waals surface area contributed by atoms with Crippen molar-refractivity contribution < 1.29 is 19.1 Å². The second-order valence-electron chi connectivity index (χ2n) is 8.62. The predicted molar refractivity (Wildman–Crippen MR) is 132 cm³/mol. The summed E-state index contributed by atoms with van der Waals surface area (Å²) in [6.45, 7) is 4.48. The van der Waals surface area contributed by atoms with E-state index in [4.69, 9.17) is 9.47 Å². The standard InChI is InChI=1S/C26H27N5O4/c1-26(2,16-28-24(33)20-15-31-13-5-12-27-25(31)30-20)18-7-9-19(10-8-18)29-23(32)17-6-11-21(34-3)22(14-17)35-4/h5-15H,16H2,1-4H3,(H,28,33)(H,29,32). The maximum Gasteiger partial charge on any atom is 0.271 e. The molecule has 9 nitrogen and oxygen atoms in total. The van der Waals surface area contributed by atoms with Crippen molar-refractivity contribution in [3.05, 3.63) is 83.9 Å². The number of hydrogen-bond donors (Lipinski definition) is 2. The fourth-order valence-corrected chi connectivity index (χ4v) is 3.62. The smallest absolute Gasteiger partial charge is 0.271 e. The monoisotopic (exact) mass is 473 g/mol. The number of nitrogens with zero attached hydrogens (tertiary/aromatic N) is 3. The number of ether oxygens (including phenoxy) is 2. The number of anilines is 1. The van der Waals surface area contributed by atoms with Gasteiger partial charge in [-0.2, -0.15) is 0 Å². The number of imidazole rings is 1. The van der Waals surface area contributed by atoms with Crippen LogP contribution in [0.2, 0.25) is 0 Å².